The Morgan fingerprint density at radius 2 is 2.14 bits per heavy atom. The first-order chi connectivity index (χ1) is 10.2. The van der Waals surface area contributed by atoms with Gasteiger partial charge in [-0.2, -0.15) is 5.26 Å². The molecule has 0 aliphatic heterocycles. The Bertz CT molecular complexity index is 682. The topological polar surface area (TPSA) is 78.1 Å². The van der Waals surface area contributed by atoms with Crippen molar-refractivity contribution in [3.63, 3.8) is 0 Å². The van der Waals surface area contributed by atoms with Gasteiger partial charge < -0.3 is 15.1 Å². The molecule has 0 fully saturated rings. The molecule has 1 aromatic heterocycles. The number of benzene rings is 1. The summed E-state index contributed by atoms with van der Waals surface area (Å²) in [4.78, 5) is 11.9. The Hall–Kier alpha value is -3.00. The lowest BCUT2D eigenvalue weighted by molar-refractivity contribution is -0.117. The molecule has 2 aromatic rings. The molecule has 0 saturated carbocycles. The molecule has 1 heterocycles. The molecule has 1 aromatic carbocycles. The van der Waals surface area contributed by atoms with Gasteiger partial charge in [-0.05, 0) is 30.7 Å². The van der Waals surface area contributed by atoms with Gasteiger partial charge in [-0.25, -0.2) is 0 Å². The van der Waals surface area contributed by atoms with Gasteiger partial charge in [-0.1, -0.05) is 18.2 Å². The number of rotatable bonds is 5. The van der Waals surface area contributed by atoms with Gasteiger partial charge in [0.15, 0.2) is 0 Å². The summed E-state index contributed by atoms with van der Waals surface area (Å²) in [5.74, 6) is 0.183. The number of nitrogens with zero attached hydrogens (tertiary/aromatic N) is 1. The zero-order chi connectivity index (χ0) is 15.1. The lowest BCUT2D eigenvalue weighted by atomic mass is 10.2. The van der Waals surface area contributed by atoms with E-state index in [1.165, 1.54) is 12.5 Å². The molecule has 106 valence electrons. The molecule has 5 nitrogen and oxygen atoms in total. The number of amides is 1. The Morgan fingerprint density at radius 3 is 2.81 bits per heavy atom. The van der Waals surface area contributed by atoms with Gasteiger partial charge in [0.25, 0.3) is 5.91 Å². The van der Waals surface area contributed by atoms with E-state index in [-0.39, 0.29) is 12.1 Å². The van der Waals surface area contributed by atoms with Crippen LogP contribution in [0.15, 0.2) is 58.9 Å². The van der Waals surface area contributed by atoms with E-state index in [4.69, 9.17) is 9.68 Å². The van der Waals surface area contributed by atoms with E-state index >= 15 is 0 Å². The minimum atomic E-state index is -0.449. The van der Waals surface area contributed by atoms with E-state index in [0.717, 1.165) is 11.3 Å². The molecule has 0 unspecified atom stereocenters. The zero-order valence-electron chi connectivity index (χ0n) is 11.6. The van der Waals surface area contributed by atoms with Crippen LogP contribution in [-0.2, 0) is 11.3 Å². The molecular formula is C16H15N3O2. The number of para-hydroxylation sites is 1. The molecule has 0 aliphatic carbocycles. The van der Waals surface area contributed by atoms with Crippen molar-refractivity contribution in [2.24, 2.45) is 0 Å². The summed E-state index contributed by atoms with van der Waals surface area (Å²) in [6.07, 6.45) is 2.93. The van der Waals surface area contributed by atoms with E-state index in [0.29, 0.717) is 5.76 Å². The lowest BCUT2D eigenvalue weighted by Gasteiger charge is -2.06. The second-order valence-corrected chi connectivity index (χ2v) is 4.39. The number of furan rings is 1. The highest BCUT2D eigenvalue weighted by Gasteiger charge is 2.09. The summed E-state index contributed by atoms with van der Waals surface area (Å²) in [6.45, 7) is 2.19. The van der Waals surface area contributed by atoms with Crippen LogP contribution in [0.4, 0.5) is 5.69 Å². The molecule has 1 amide bonds. The van der Waals surface area contributed by atoms with Gasteiger partial charge in [0.2, 0.25) is 0 Å². The van der Waals surface area contributed by atoms with Crippen LogP contribution in [0.25, 0.3) is 0 Å². The van der Waals surface area contributed by atoms with Crippen molar-refractivity contribution < 1.29 is 9.21 Å². The molecular weight excluding hydrogens is 266 g/mol. The maximum absolute atomic E-state index is 11.9. The second kappa shape index (κ2) is 6.96. The van der Waals surface area contributed by atoms with E-state index in [9.17, 15) is 4.79 Å². The molecule has 0 aliphatic rings. The highest BCUT2D eigenvalue weighted by molar-refractivity contribution is 5.97. The highest BCUT2D eigenvalue weighted by atomic mass is 16.3. The van der Waals surface area contributed by atoms with Crippen LogP contribution in [0.5, 0.6) is 0 Å². The van der Waals surface area contributed by atoms with Crippen LogP contribution in [0.3, 0.4) is 0 Å². The maximum Gasteiger partial charge on any atom is 0.263 e. The number of anilines is 1. The fraction of sp³-hybridized carbons (Fsp3) is 0.125. The predicted octanol–water partition coefficient (Wildman–Crippen LogP) is 2.72. The number of nitrogens with one attached hydrogen (secondary N) is 2. The number of nitriles is 1. The third kappa shape index (κ3) is 3.98. The molecule has 0 bridgehead atoms. The van der Waals surface area contributed by atoms with E-state index in [1.807, 2.05) is 37.3 Å². The van der Waals surface area contributed by atoms with E-state index in [2.05, 4.69) is 10.6 Å². The molecule has 2 N–H and O–H groups in total. The Balaban J connectivity index is 1.98. The van der Waals surface area contributed by atoms with Crippen molar-refractivity contribution in [3.05, 3.63) is 65.8 Å². The fourth-order valence-corrected chi connectivity index (χ4v) is 1.71. The number of carbonyl (C=O) groups excluding carboxylic acids is 1. The van der Waals surface area contributed by atoms with Crippen molar-refractivity contribution in [1.82, 2.24) is 5.32 Å². The third-order valence-corrected chi connectivity index (χ3v) is 2.89. The maximum atomic E-state index is 11.9. The largest absolute Gasteiger partial charge is 0.467 e. The zero-order valence-corrected chi connectivity index (χ0v) is 11.6. The Kier molecular flexibility index (Phi) is 4.78. The number of aryl methyl sites for hydroxylation is 1. The first-order valence-corrected chi connectivity index (χ1v) is 6.43. The van der Waals surface area contributed by atoms with Gasteiger partial charge >= 0.3 is 0 Å². The van der Waals surface area contributed by atoms with Crippen LogP contribution in [0, 0.1) is 18.3 Å². The second-order valence-electron chi connectivity index (χ2n) is 4.39. The fourth-order valence-electron chi connectivity index (χ4n) is 1.71. The molecule has 0 radical (unpaired) electrons. The first kappa shape index (κ1) is 14.4. The van der Waals surface area contributed by atoms with Crippen molar-refractivity contribution in [3.8, 4) is 6.07 Å². The normalized spacial score (nSPS) is 10.8. The van der Waals surface area contributed by atoms with Crippen LogP contribution in [0.1, 0.15) is 11.3 Å². The Morgan fingerprint density at radius 1 is 1.33 bits per heavy atom. The Labute approximate surface area is 122 Å². The first-order valence-electron chi connectivity index (χ1n) is 6.43. The molecule has 2 rings (SSSR count). The summed E-state index contributed by atoms with van der Waals surface area (Å²) < 4.78 is 5.11. The average molecular weight is 281 g/mol. The van der Waals surface area contributed by atoms with Crippen LogP contribution in [-0.4, -0.2) is 5.91 Å². The number of carbonyl (C=O) groups is 1. The smallest absolute Gasteiger partial charge is 0.263 e. The molecule has 21 heavy (non-hydrogen) atoms. The van der Waals surface area contributed by atoms with Gasteiger partial charge in [0, 0.05) is 11.9 Å². The van der Waals surface area contributed by atoms with Crippen LogP contribution < -0.4 is 10.6 Å². The summed E-state index contributed by atoms with van der Waals surface area (Å²) in [7, 11) is 0. The number of hydrogen-bond acceptors (Lipinski definition) is 4. The monoisotopic (exact) mass is 281 g/mol. The molecule has 0 atom stereocenters. The quantitative estimate of drug-likeness (QED) is 0.652. The van der Waals surface area contributed by atoms with Gasteiger partial charge in [-0.3, -0.25) is 4.79 Å². The van der Waals surface area contributed by atoms with Crippen molar-refractivity contribution in [2.75, 3.05) is 5.32 Å². The molecule has 5 heteroatoms. The van der Waals surface area contributed by atoms with Crippen molar-refractivity contribution in [2.45, 2.75) is 13.5 Å². The van der Waals surface area contributed by atoms with Gasteiger partial charge in [-0.15, -0.1) is 0 Å². The van der Waals surface area contributed by atoms with Crippen LogP contribution in [0.2, 0.25) is 0 Å². The van der Waals surface area contributed by atoms with E-state index in [1.54, 1.807) is 12.1 Å². The van der Waals surface area contributed by atoms with Crippen molar-refractivity contribution in [1.29, 1.82) is 5.26 Å². The van der Waals surface area contributed by atoms with Crippen LogP contribution >= 0.6 is 0 Å². The third-order valence-electron chi connectivity index (χ3n) is 2.89. The van der Waals surface area contributed by atoms with E-state index < -0.39 is 5.91 Å². The summed E-state index contributed by atoms with van der Waals surface area (Å²) in [5.41, 5.74) is 1.89. The highest BCUT2D eigenvalue weighted by Crippen LogP contribution is 2.13. The van der Waals surface area contributed by atoms with Gasteiger partial charge in [0.1, 0.15) is 17.4 Å². The van der Waals surface area contributed by atoms with Gasteiger partial charge in [0.05, 0.1) is 12.8 Å². The molecule has 0 saturated heterocycles. The lowest BCUT2D eigenvalue weighted by Crippen LogP contribution is -2.24. The minimum absolute atomic E-state index is 0.00445. The SMILES string of the molecule is Cc1ccccc1N/C=C(/C#N)C(=O)NCc1ccco1. The summed E-state index contributed by atoms with van der Waals surface area (Å²) >= 11 is 0. The summed E-state index contributed by atoms with van der Waals surface area (Å²) in [6, 6.07) is 13.0. The van der Waals surface area contributed by atoms with Crippen molar-refractivity contribution >= 4 is 11.6 Å². The average Bonchev–Trinajstić information content (AvgIpc) is 3.01. The standard InChI is InChI=1S/C16H15N3O2/c1-12-5-2-3-7-15(12)18-10-13(9-17)16(20)19-11-14-6-4-8-21-14/h2-8,10,18H,11H2,1H3,(H,19,20)/b13-10-. The minimum Gasteiger partial charge on any atom is -0.467 e. The number of hydrogen-bond donors (Lipinski definition) is 2. The molecule has 0 spiro atoms. The predicted molar refractivity (Wildman–Crippen MR) is 79.1 cm³/mol. The summed E-state index contributed by atoms with van der Waals surface area (Å²) in [5, 5.41) is 14.7.